The molecule has 0 aliphatic carbocycles. The predicted molar refractivity (Wildman–Crippen MR) is 69.1 cm³/mol. The van der Waals surface area contributed by atoms with Crippen LogP contribution in [0.1, 0.15) is 17.8 Å². The Balaban J connectivity index is 2.84. The van der Waals surface area contributed by atoms with Crippen LogP contribution in [0.25, 0.3) is 0 Å². The lowest BCUT2D eigenvalue weighted by atomic mass is 10.2. The van der Waals surface area contributed by atoms with Crippen LogP contribution in [0.2, 0.25) is 0 Å². The Bertz CT molecular complexity index is 369. The van der Waals surface area contributed by atoms with Gasteiger partial charge < -0.3 is 15.1 Å². The zero-order valence-electron chi connectivity index (χ0n) is 10.9. The molecule has 1 rings (SSSR count). The fraction of sp³-hybridized carbons (Fsp3) is 0.636. The third kappa shape index (κ3) is 3.54. The van der Waals surface area contributed by atoms with Crippen molar-refractivity contribution in [2.24, 2.45) is 5.84 Å². The molecule has 17 heavy (non-hydrogen) atoms. The molecule has 6 nitrogen and oxygen atoms in total. The summed E-state index contributed by atoms with van der Waals surface area (Å²) >= 11 is 0. The first kappa shape index (κ1) is 13.7. The van der Waals surface area contributed by atoms with Crippen molar-refractivity contribution in [2.75, 3.05) is 37.6 Å². The second kappa shape index (κ2) is 6.36. The molecule has 1 aromatic heterocycles. The normalized spacial score (nSPS) is 10.4. The topological polar surface area (TPSA) is 76.3 Å². The van der Waals surface area contributed by atoms with E-state index in [0.29, 0.717) is 11.6 Å². The predicted octanol–water partition coefficient (Wildman–Crippen LogP) is 0.852. The van der Waals surface area contributed by atoms with Gasteiger partial charge in [0.2, 0.25) is 0 Å². The third-order valence-corrected chi connectivity index (χ3v) is 2.57. The SMILES string of the molecule is COCCCN(C)c1nc(C)nc(NN)c1C. The fourth-order valence-corrected chi connectivity index (χ4v) is 1.68. The van der Waals surface area contributed by atoms with E-state index in [-0.39, 0.29) is 0 Å². The number of hydrazine groups is 1. The van der Waals surface area contributed by atoms with Gasteiger partial charge in [-0.2, -0.15) is 0 Å². The maximum absolute atomic E-state index is 5.43. The molecule has 0 atom stereocenters. The lowest BCUT2D eigenvalue weighted by Crippen LogP contribution is -2.23. The molecular weight excluding hydrogens is 218 g/mol. The molecular formula is C11H21N5O. The van der Waals surface area contributed by atoms with Crippen LogP contribution in [0.4, 0.5) is 11.6 Å². The van der Waals surface area contributed by atoms with Gasteiger partial charge >= 0.3 is 0 Å². The minimum atomic E-state index is 0.672. The van der Waals surface area contributed by atoms with Gasteiger partial charge in [0.1, 0.15) is 17.5 Å². The average Bonchev–Trinajstić information content (AvgIpc) is 2.31. The summed E-state index contributed by atoms with van der Waals surface area (Å²) in [5.74, 6) is 7.71. The standard InChI is InChI=1S/C11H21N5O/c1-8-10(15-12)13-9(2)14-11(8)16(3)6-5-7-17-4/h5-7,12H2,1-4H3,(H,13,14,15). The Morgan fingerprint density at radius 1 is 1.35 bits per heavy atom. The van der Waals surface area contributed by atoms with Gasteiger partial charge in [0.05, 0.1) is 0 Å². The van der Waals surface area contributed by atoms with Gasteiger partial charge in [0.25, 0.3) is 0 Å². The number of ether oxygens (including phenoxy) is 1. The summed E-state index contributed by atoms with van der Waals surface area (Å²) < 4.78 is 5.04. The van der Waals surface area contributed by atoms with E-state index in [0.717, 1.165) is 31.0 Å². The number of nitrogens with one attached hydrogen (secondary N) is 1. The molecule has 1 aromatic rings. The number of nitrogens with two attached hydrogens (primary N) is 1. The molecule has 0 aromatic carbocycles. The first-order valence-electron chi connectivity index (χ1n) is 5.62. The number of aromatic nitrogens is 2. The summed E-state index contributed by atoms with van der Waals surface area (Å²) in [5.41, 5.74) is 3.55. The maximum atomic E-state index is 5.43. The Kier molecular flexibility index (Phi) is 5.11. The van der Waals surface area contributed by atoms with Crippen molar-refractivity contribution in [3.05, 3.63) is 11.4 Å². The first-order valence-corrected chi connectivity index (χ1v) is 5.62. The van der Waals surface area contributed by atoms with Crippen LogP contribution in [-0.4, -0.2) is 37.3 Å². The van der Waals surface area contributed by atoms with Gasteiger partial charge in [0, 0.05) is 32.9 Å². The van der Waals surface area contributed by atoms with Crippen LogP contribution in [0.5, 0.6) is 0 Å². The highest BCUT2D eigenvalue weighted by molar-refractivity contribution is 5.57. The van der Waals surface area contributed by atoms with Crippen LogP contribution < -0.4 is 16.2 Å². The number of hydrogen-bond acceptors (Lipinski definition) is 6. The highest BCUT2D eigenvalue weighted by Gasteiger charge is 2.11. The lowest BCUT2D eigenvalue weighted by molar-refractivity contribution is 0.196. The molecule has 0 saturated heterocycles. The maximum Gasteiger partial charge on any atom is 0.148 e. The Morgan fingerprint density at radius 3 is 2.65 bits per heavy atom. The minimum absolute atomic E-state index is 0.672. The molecule has 0 aliphatic rings. The minimum Gasteiger partial charge on any atom is -0.385 e. The Morgan fingerprint density at radius 2 is 2.06 bits per heavy atom. The van der Waals surface area contributed by atoms with E-state index < -0.39 is 0 Å². The average molecular weight is 239 g/mol. The third-order valence-electron chi connectivity index (χ3n) is 2.57. The number of hydrogen-bond donors (Lipinski definition) is 2. The number of anilines is 2. The van der Waals surface area contributed by atoms with Crippen molar-refractivity contribution >= 4 is 11.6 Å². The van der Waals surface area contributed by atoms with Crippen molar-refractivity contribution in [3.63, 3.8) is 0 Å². The highest BCUT2D eigenvalue weighted by Crippen LogP contribution is 2.21. The van der Waals surface area contributed by atoms with Crippen LogP contribution in [0.3, 0.4) is 0 Å². The van der Waals surface area contributed by atoms with Crippen molar-refractivity contribution in [2.45, 2.75) is 20.3 Å². The quantitative estimate of drug-likeness (QED) is 0.435. The molecule has 6 heteroatoms. The lowest BCUT2D eigenvalue weighted by Gasteiger charge is -2.21. The first-order chi connectivity index (χ1) is 8.10. The molecule has 3 N–H and O–H groups in total. The molecule has 0 amide bonds. The molecule has 0 saturated carbocycles. The van der Waals surface area contributed by atoms with Gasteiger partial charge in [-0.3, -0.25) is 0 Å². The van der Waals surface area contributed by atoms with E-state index in [1.807, 2.05) is 20.9 Å². The smallest absolute Gasteiger partial charge is 0.148 e. The monoisotopic (exact) mass is 239 g/mol. The van der Waals surface area contributed by atoms with Gasteiger partial charge in [-0.15, -0.1) is 0 Å². The zero-order chi connectivity index (χ0) is 12.8. The molecule has 0 aliphatic heterocycles. The Labute approximate surface area is 102 Å². The number of nitrogen functional groups attached to an aromatic ring is 1. The summed E-state index contributed by atoms with van der Waals surface area (Å²) in [5, 5.41) is 0. The molecule has 0 bridgehead atoms. The van der Waals surface area contributed by atoms with Gasteiger partial charge in [-0.1, -0.05) is 0 Å². The van der Waals surface area contributed by atoms with E-state index in [1.54, 1.807) is 7.11 Å². The molecule has 0 unspecified atom stereocenters. The number of rotatable bonds is 6. The van der Waals surface area contributed by atoms with Crippen molar-refractivity contribution < 1.29 is 4.74 Å². The molecule has 0 spiro atoms. The van der Waals surface area contributed by atoms with Crippen molar-refractivity contribution in [1.82, 2.24) is 9.97 Å². The summed E-state index contributed by atoms with van der Waals surface area (Å²) in [6.07, 6.45) is 0.959. The molecule has 96 valence electrons. The zero-order valence-corrected chi connectivity index (χ0v) is 10.9. The van der Waals surface area contributed by atoms with E-state index in [4.69, 9.17) is 10.6 Å². The van der Waals surface area contributed by atoms with Gasteiger partial charge in [-0.25, -0.2) is 15.8 Å². The Hall–Kier alpha value is -1.40. The largest absolute Gasteiger partial charge is 0.385 e. The van der Waals surface area contributed by atoms with E-state index in [1.165, 1.54) is 0 Å². The van der Waals surface area contributed by atoms with E-state index >= 15 is 0 Å². The van der Waals surface area contributed by atoms with Crippen molar-refractivity contribution in [3.8, 4) is 0 Å². The van der Waals surface area contributed by atoms with Crippen molar-refractivity contribution in [1.29, 1.82) is 0 Å². The number of methoxy groups -OCH3 is 1. The van der Waals surface area contributed by atoms with Crippen LogP contribution >= 0.6 is 0 Å². The van der Waals surface area contributed by atoms with E-state index in [2.05, 4.69) is 20.3 Å². The second-order valence-electron chi connectivity index (χ2n) is 3.98. The number of nitrogens with zero attached hydrogens (tertiary/aromatic N) is 3. The van der Waals surface area contributed by atoms with E-state index in [9.17, 15) is 0 Å². The highest BCUT2D eigenvalue weighted by atomic mass is 16.5. The summed E-state index contributed by atoms with van der Waals surface area (Å²) in [6, 6.07) is 0. The van der Waals surface area contributed by atoms with Gasteiger partial charge in [0.15, 0.2) is 0 Å². The molecule has 0 radical (unpaired) electrons. The summed E-state index contributed by atoms with van der Waals surface area (Å²) in [6.45, 7) is 5.44. The van der Waals surface area contributed by atoms with Crippen LogP contribution in [0.15, 0.2) is 0 Å². The second-order valence-corrected chi connectivity index (χ2v) is 3.98. The molecule has 1 heterocycles. The molecule has 0 fully saturated rings. The van der Waals surface area contributed by atoms with Crippen LogP contribution in [-0.2, 0) is 4.74 Å². The number of aryl methyl sites for hydroxylation is 1. The fourth-order valence-electron chi connectivity index (χ4n) is 1.68. The van der Waals surface area contributed by atoms with Gasteiger partial charge in [-0.05, 0) is 20.3 Å². The van der Waals surface area contributed by atoms with Crippen LogP contribution in [0, 0.1) is 13.8 Å². The summed E-state index contributed by atoms with van der Waals surface area (Å²) in [4.78, 5) is 10.8. The summed E-state index contributed by atoms with van der Waals surface area (Å²) in [7, 11) is 3.71.